The molecule has 2 aromatic rings. The van der Waals surface area contributed by atoms with Crippen LogP contribution in [0.4, 0.5) is 0 Å². The van der Waals surface area contributed by atoms with Gasteiger partial charge in [-0.25, -0.2) is 0 Å². The van der Waals surface area contributed by atoms with E-state index in [2.05, 4.69) is 22.6 Å². The summed E-state index contributed by atoms with van der Waals surface area (Å²) in [6.45, 7) is 0. The van der Waals surface area contributed by atoms with Crippen molar-refractivity contribution in [3.63, 3.8) is 0 Å². The maximum absolute atomic E-state index is 12.4. The van der Waals surface area contributed by atoms with E-state index in [1.54, 1.807) is 42.5 Å². The van der Waals surface area contributed by atoms with Gasteiger partial charge in [0.2, 0.25) is 0 Å². The van der Waals surface area contributed by atoms with Crippen molar-refractivity contribution in [1.29, 1.82) is 5.26 Å². The fourth-order valence-electron chi connectivity index (χ4n) is 1.79. The Labute approximate surface area is 140 Å². The van der Waals surface area contributed by atoms with Crippen LogP contribution in [0.25, 0.3) is 0 Å². The highest BCUT2D eigenvalue weighted by molar-refractivity contribution is 14.1. The van der Waals surface area contributed by atoms with E-state index in [1.165, 1.54) is 0 Å². The van der Waals surface area contributed by atoms with Crippen LogP contribution in [-0.4, -0.2) is 5.78 Å². The second kappa shape index (κ2) is 6.57. The Balaban J connectivity index is 2.42. The van der Waals surface area contributed by atoms with Gasteiger partial charge < -0.3 is 0 Å². The predicted octanol–water partition coefficient (Wildman–Crippen LogP) is 5.09. The van der Waals surface area contributed by atoms with Crippen LogP contribution in [0.5, 0.6) is 0 Å². The van der Waals surface area contributed by atoms with Crippen LogP contribution in [0.2, 0.25) is 10.0 Å². The Morgan fingerprint density at radius 3 is 2.45 bits per heavy atom. The molecule has 1 atom stereocenters. The van der Waals surface area contributed by atoms with Gasteiger partial charge >= 0.3 is 0 Å². The summed E-state index contributed by atoms with van der Waals surface area (Å²) >= 11 is 14.1. The van der Waals surface area contributed by atoms with Gasteiger partial charge in [-0.05, 0) is 46.4 Å². The standard InChI is InChI=1S/C15H8Cl2INO/c16-12-4-2-1-3-10(12)11(8-19)15(20)9-5-6-14(18)13(17)7-9/h1-7,11H. The van der Waals surface area contributed by atoms with Crippen LogP contribution in [0.1, 0.15) is 21.8 Å². The van der Waals surface area contributed by atoms with Gasteiger partial charge in [0.05, 0.1) is 11.1 Å². The minimum Gasteiger partial charge on any atom is -0.292 e. The SMILES string of the molecule is N#CC(C(=O)c1ccc(I)c(Cl)c1)c1ccccc1Cl. The highest BCUT2D eigenvalue weighted by Gasteiger charge is 2.24. The van der Waals surface area contributed by atoms with Crippen LogP contribution < -0.4 is 0 Å². The minimum atomic E-state index is -0.931. The number of hydrogen-bond acceptors (Lipinski definition) is 2. The van der Waals surface area contributed by atoms with Crippen LogP contribution in [0.3, 0.4) is 0 Å². The predicted molar refractivity (Wildman–Crippen MR) is 88.3 cm³/mol. The zero-order valence-corrected chi connectivity index (χ0v) is 13.8. The molecule has 0 radical (unpaired) electrons. The van der Waals surface area contributed by atoms with Crippen molar-refractivity contribution in [2.24, 2.45) is 0 Å². The van der Waals surface area contributed by atoms with Crippen molar-refractivity contribution in [2.75, 3.05) is 0 Å². The summed E-state index contributed by atoms with van der Waals surface area (Å²) in [7, 11) is 0. The normalized spacial score (nSPS) is 11.7. The van der Waals surface area contributed by atoms with Crippen LogP contribution >= 0.6 is 45.8 Å². The molecule has 1 unspecified atom stereocenters. The number of ketones is 1. The highest BCUT2D eigenvalue weighted by atomic mass is 127. The largest absolute Gasteiger partial charge is 0.292 e. The van der Waals surface area contributed by atoms with E-state index >= 15 is 0 Å². The molecule has 0 amide bonds. The topological polar surface area (TPSA) is 40.9 Å². The molecular weight excluding hydrogens is 408 g/mol. The lowest BCUT2D eigenvalue weighted by atomic mass is 9.92. The van der Waals surface area contributed by atoms with Crippen molar-refractivity contribution in [3.05, 3.63) is 67.2 Å². The smallest absolute Gasteiger partial charge is 0.184 e. The Morgan fingerprint density at radius 1 is 1.15 bits per heavy atom. The molecule has 0 bridgehead atoms. The number of benzene rings is 2. The second-order valence-corrected chi connectivity index (χ2v) is 6.05. The van der Waals surface area contributed by atoms with Crippen LogP contribution in [0, 0.1) is 14.9 Å². The quantitative estimate of drug-likeness (QED) is 0.517. The number of Topliss-reactive ketones (excluding diaryl/α,β-unsaturated/α-hetero) is 1. The lowest BCUT2D eigenvalue weighted by molar-refractivity contribution is 0.0979. The number of carbonyl (C=O) groups is 1. The zero-order chi connectivity index (χ0) is 14.7. The molecule has 0 aliphatic carbocycles. The molecule has 0 aromatic heterocycles. The minimum absolute atomic E-state index is 0.307. The first-order chi connectivity index (χ1) is 9.54. The zero-order valence-electron chi connectivity index (χ0n) is 10.1. The first-order valence-corrected chi connectivity index (χ1v) is 7.51. The third kappa shape index (κ3) is 3.14. The number of hydrogen-bond donors (Lipinski definition) is 0. The van der Waals surface area contributed by atoms with Gasteiger partial charge in [-0.15, -0.1) is 0 Å². The number of halogens is 3. The highest BCUT2D eigenvalue weighted by Crippen LogP contribution is 2.28. The average molecular weight is 416 g/mol. The molecule has 2 aromatic carbocycles. The third-order valence-electron chi connectivity index (χ3n) is 2.81. The molecule has 5 heteroatoms. The van der Waals surface area contributed by atoms with E-state index < -0.39 is 5.92 Å². The molecule has 100 valence electrons. The fourth-order valence-corrected chi connectivity index (χ4v) is 2.56. The Hall–Kier alpha value is -1.09. The van der Waals surface area contributed by atoms with Gasteiger partial charge in [0, 0.05) is 14.2 Å². The van der Waals surface area contributed by atoms with Gasteiger partial charge in [0.1, 0.15) is 5.92 Å². The van der Waals surface area contributed by atoms with E-state index in [0.717, 1.165) is 3.57 Å². The Bertz CT molecular complexity index is 709. The van der Waals surface area contributed by atoms with Crippen molar-refractivity contribution in [3.8, 4) is 6.07 Å². The average Bonchev–Trinajstić information content (AvgIpc) is 2.44. The second-order valence-electron chi connectivity index (χ2n) is 4.08. The van der Waals surface area contributed by atoms with Crippen LogP contribution in [-0.2, 0) is 0 Å². The van der Waals surface area contributed by atoms with Gasteiger partial charge in [0.25, 0.3) is 0 Å². The summed E-state index contributed by atoms with van der Waals surface area (Å²) < 4.78 is 0.854. The van der Waals surface area contributed by atoms with Crippen molar-refractivity contribution >= 4 is 51.6 Å². The Morgan fingerprint density at radius 2 is 1.85 bits per heavy atom. The van der Waals surface area contributed by atoms with E-state index in [4.69, 9.17) is 23.2 Å². The molecule has 2 nitrogen and oxygen atoms in total. The molecule has 0 aliphatic heterocycles. The van der Waals surface area contributed by atoms with E-state index in [-0.39, 0.29) is 5.78 Å². The molecular formula is C15H8Cl2INO. The summed E-state index contributed by atoms with van der Waals surface area (Å²) in [5.41, 5.74) is 0.915. The van der Waals surface area contributed by atoms with Gasteiger partial charge in [0.15, 0.2) is 5.78 Å². The summed E-state index contributed by atoms with van der Waals surface area (Å²) in [6, 6.07) is 13.9. The Kier molecular flexibility index (Phi) is 5.03. The molecule has 0 heterocycles. The number of carbonyl (C=O) groups excluding carboxylic acids is 1. The molecule has 0 spiro atoms. The van der Waals surface area contributed by atoms with Crippen molar-refractivity contribution in [2.45, 2.75) is 5.92 Å². The van der Waals surface area contributed by atoms with Crippen molar-refractivity contribution in [1.82, 2.24) is 0 Å². The monoisotopic (exact) mass is 415 g/mol. The van der Waals surface area contributed by atoms with E-state index in [1.807, 2.05) is 6.07 Å². The summed E-state index contributed by atoms with van der Waals surface area (Å²) in [4.78, 5) is 12.4. The lowest BCUT2D eigenvalue weighted by Crippen LogP contribution is -2.11. The molecule has 20 heavy (non-hydrogen) atoms. The lowest BCUT2D eigenvalue weighted by Gasteiger charge is -2.11. The molecule has 0 saturated heterocycles. The maximum Gasteiger partial charge on any atom is 0.184 e. The molecule has 2 rings (SSSR count). The summed E-state index contributed by atoms with van der Waals surface area (Å²) in [5.74, 6) is -1.24. The van der Waals surface area contributed by atoms with Gasteiger partial charge in [-0.2, -0.15) is 5.26 Å². The summed E-state index contributed by atoms with van der Waals surface area (Å²) in [6.07, 6.45) is 0. The maximum atomic E-state index is 12.4. The van der Waals surface area contributed by atoms with Gasteiger partial charge in [-0.3, -0.25) is 4.79 Å². The number of rotatable bonds is 3. The van der Waals surface area contributed by atoms with E-state index in [9.17, 15) is 10.1 Å². The molecule has 0 aliphatic rings. The molecule has 0 fully saturated rings. The third-order valence-corrected chi connectivity index (χ3v) is 4.73. The van der Waals surface area contributed by atoms with Gasteiger partial charge in [-0.1, -0.05) is 47.5 Å². The summed E-state index contributed by atoms with van der Waals surface area (Å²) in [5, 5.41) is 10.2. The first kappa shape index (κ1) is 15.3. The van der Waals surface area contributed by atoms with Crippen molar-refractivity contribution < 1.29 is 4.79 Å². The number of nitriles is 1. The molecule has 0 N–H and O–H groups in total. The molecule has 0 saturated carbocycles. The van der Waals surface area contributed by atoms with E-state index in [0.29, 0.717) is 21.2 Å². The van der Waals surface area contributed by atoms with Crippen LogP contribution in [0.15, 0.2) is 42.5 Å². The first-order valence-electron chi connectivity index (χ1n) is 5.68. The number of nitrogens with zero attached hydrogens (tertiary/aromatic N) is 1. The fraction of sp³-hybridized carbons (Fsp3) is 0.0667.